The van der Waals surface area contributed by atoms with Gasteiger partial charge in [-0.1, -0.05) is 18.2 Å². The van der Waals surface area contributed by atoms with E-state index < -0.39 is 0 Å². The van der Waals surface area contributed by atoms with Crippen molar-refractivity contribution in [3.63, 3.8) is 0 Å². The molecule has 0 unspecified atom stereocenters. The zero-order chi connectivity index (χ0) is 8.93. The fourth-order valence-electron chi connectivity index (χ4n) is 0.904. The Kier molecular flexibility index (Phi) is 2.09. The Morgan fingerprint density at radius 2 is 1.77 bits per heavy atom. The second-order valence-corrected chi connectivity index (χ2v) is 2.36. The summed E-state index contributed by atoms with van der Waals surface area (Å²) in [5, 5.41) is 14.5. The Labute approximate surface area is 74.1 Å². The third-order valence-corrected chi connectivity index (χ3v) is 1.48. The minimum absolute atomic E-state index is 0.603. The number of fused-ring (bicyclic) bond motifs is 1. The Morgan fingerprint density at radius 1 is 0.923 bits per heavy atom. The number of H-pyrrole nitrogens is 1. The molecule has 0 saturated heterocycles. The van der Waals surface area contributed by atoms with Gasteiger partial charge in [0, 0.05) is 6.20 Å². The van der Waals surface area contributed by atoms with Crippen LogP contribution in [0.5, 0.6) is 0 Å². The molecule has 5 heteroatoms. The van der Waals surface area contributed by atoms with Gasteiger partial charge in [-0.25, -0.2) is 0 Å². The molecule has 0 amide bonds. The summed E-state index contributed by atoms with van der Waals surface area (Å²) in [6.07, 6.45) is 1.76. The van der Waals surface area contributed by atoms with Crippen LogP contribution >= 0.6 is 0 Å². The van der Waals surface area contributed by atoms with E-state index in [0.29, 0.717) is 11.2 Å². The summed E-state index contributed by atoms with van der Waals surface area (Å²) < 4.78 is 0. The van der Waals surface area contributed by atoms with Crippen LogP contribution in [0.3, 0.4) is 0 Å². The highest BCUT2D eigenvalue weighted by Crippen LogP contribution is 1.96. The molecule has 0 atom stereocenters. The maximum atomic E-state index is 3.82. The lowest BCUT2D eigenvalue weighted by Crippen LogP contribution is -1.91. The van der Waals surface area contributed by atoms with E-state index in [1.807, 2.05) is 30.3 Å². The number of hydrogen-bond donors (Lipinski definition) is 1. The molecule has 0 bridgehead atoms. The highest BCUT2D eigenvalue weighted by atomic mass is 15.4. The predicted octanol–water partition coefficient (Wildman–Crippen LogP) is 0.872. The summed E-state index contributed by atoms with van der Waals surface area (Å²) in [4.78, 5) is 2.95. The summed E-state index contributed by atoms with van der Waals surface area (Å²) in [5.74, 6) is 0. The standard InChI is InChI=1S/C8H7N5/c1-2-4-6-9-8-7(5-3-1)10-12-13-11-8/h1-6H,(H,9,11,12). The minimum Gasteiger partial charge on any atom is -0.343 e. The first kappa shape index (κ1) is 7.60. The van der Waals surface area contributed by atoms with E-state index in [0.717, 1.165) is 0 Å². The minimum atomic E-state index is 0.603. The van der Waals surface area contributed by atoms with Gasteiger partial charge in [0.15, 0.2) is 5.65 Å². The molecule has 2 aromatic heterocycles. The van der Waals surface area contributed by atoms with Gasteiger partial charge in [-0.2, -0.15) is 0 Å². The van der Waals surface area contributed by atoms with Crippen LogP contribution in [0.15, 0.2) is 36.5 Å². The van der Waals surface area contributed by atoms with Crippen molar-refractivity contribution in [2.75, 3.05) is 0 Å². The molecule has 0 aromatic carbocycles. The van der Waals surface area contributed by atoms with Crippen LogP contribution < -0.4 is 0 Å². The van der Waals surface area contributed by atoms with Crippen LogP contribution in [0.2, 0.25) is 0 Å². The zero-order valence-corrected chi connectivity index (χ0v) is 6.75. The first-order valence-corrected chi connectivity index (χ1v) is 3.79. The molecule has 0 spiro atoms. The van der Waals surface area contributed by atoms with Crippen LogP contribution in [0, 0.1) is 0 Å². The van der Waals surface area contributed by atoms with Crippen LogP contribution in [-0.2, 0) is 0 Å². The first-order chi connectivity index (χ1) is 6.47. The lowest BCUT2D eigenvalue weighted by Gasteiger charge is -1.85. The third kappa shape index (κ3) is 1.76. The van der Waals surface area contributed by atoms with E-state index in [2.05, 4.69) is 25.6 Å². The number of aromatic amines is 1. The highest BCUT2D eigenvalue weighted by molar-refractivity contribution is 5.65. The van der Waals surface area contributed by atoms with Crippen molar-refractivity contribution in [3.8, 4) is 0 Å². The van der Waals surface area contributed by atoms with Crippen molar-refractivity contribution in [3.05, 3.63) is 36.5 Å². The summed E-state index contributed by atoms with van der Waals surface area (Å²) >= 11 is 0. The second kappa shape index (κ2) is 3.57. The number of aromatic nitrogens is 5. The molecule has 2 aromatic rings. The van der Waals surface area contributed by atoms with Crippen molar-refractivity contribution < 1.29 is 0 Å². The molecule has 5 nitrogen and oxygen atoms in total. The van der Waals surface area contributed by atoms with Crippen LogP contribution in [0.4, 0.5) is 0 Å². The maximum Gasteiger partial charge on any atom is 0.182 e. The average molecular weight is 173 g/mol. The number of rotatable bonds is 0. The molecule has 64 valence electrons. The Bertz CT molecular complexity index is 408. The molecule has 2 heterocycles. The van der Waals surface area contributed by atoms with E-state index in [-0.39, 0.29) is 0 Å². The van der Waals surface area contributed by atoms with Gasteiger partial charge in [-0.3, -0.25) is 0 Å². The van der Waals surface area contributed by atoms with Crippen molar-refractivity contribution in [2.24, 2.45) is 0 Å². The molecule has 1 N–H and O–H groups in total. The zero-order valence-electron chi connectivity index (χ0n) is 6.75. The fraction of sp³-hybridized carbons (Fsp3) is 0. The summed E-state index contributed by atoms with van der Waals surface area (Å²) in [6.45, 7) is 0. The van der Waals surface area contributed by atoms with E-state index in [1.54, 1.807) is 6.20 Å². The van der Waals surface area contributed by atoms with Gasteiger partial charge in [-0.05, 0) is 22.6 Å². The monoisotopic (exact) mass is 173 g/mol. The van der Waals surface area contributed by atoms with Crippen LogP contribution in [0.1, 0.15) is 0 Å². The normalized spacial score (nSPS) is 9.54. The maximum absolute atomic E-state index is 3.82. The average Bonchev–Trinajstić information content (AvgIpc) is 2.28. The third-order valence-electron chi connectivity index (χ3n) is 1.48. The van der Waals surface area contributed by atoms with Gasteiger partial charge >= 0.3 is 0 Å². The van der Waals surface area contributed by atoms with Crippen molar-refractivity contribution in [1.82, 2.24) is 25.6 Å². The molecule has 0 fully saturated rings. The second-order valence-electron chi connectivity index (χ2n) is 2.36. The highest BCUT2D eigenvalue weighted by Gasteiger charge is 1.89. The summed E-state index contributed by atoms with van der Waals surface area (Å²) in [5.41, 5.74) is 1.28. The van der Waals surface area contributed by atoms with Gasteiger partial charge in [0.1, 0.15) is 5.52 Å². The van der Waals surface area contributed by atoms with Gasteiger partial charge < -0.3 is 4.98 Å². The Hall–Kier alpha value is -2.04. The topological polar surface area (TPSA) is 67.3 Å². The molecule has 0 aliphatic heterocycles. The molecular formula is C8H7N5. The largest absolute Gasteiger partial charge is 0.343 e. The quantitative estimate of drug-likeness (QED) is 0.641. The number of nitrogens with zero attached hydrogens (tertiary/aromatic N) is 4. The molecule has 0 radical (unpaired) electrons. The fourth-order valence-corrected chi connectivity index (χ4v) is 0.904. The van der Waals surface area contributed by atoms with Crippen molar-refractivity contribution >= 4 is 11.2 Å². The lowest BCUT2D eigenvalue weighted by molar-refractivity contribution is 0.791. The van der Waals surface area contributed by atoms with Gasteiger partial charge in [0.05, 0.1) is 0 Å². The summed E-state index contributed by atoms with van der Waals surface area (Å²) in [6, 6.07) is 9.34. The van der Waals surface area contributed by atoms with E-state index in [1.165, 1.54) is 0 Å². The summed E-state index contributed by atoms with van der Waals surface area (Å²) in [7, 11) is 0. The molecule has 0 saturated carbocycles. The first-order valence-electron chi connectivity index (χ1n) is 3.79. The number of nitrogens with one attached hydrogen (secondary N) is 1. The molecular weight excluding hydrogens is 166 g/mol. The number of hydrogen-bond acceptors (Lipinski definition) is 4. The van der Waals surface area contributed by atoms with Gasteiger partial charge in [-0.15, -0.1) is 10.2 Å². The Morgan fingerprint density at radius 3 is 2.77 bits per heavy atom. The lowest BCUT2D eigenvalue weighted by atomic mass is 10.4. The molecule has 2 rings (SSSR count). The predicted molar refractivity (Wildman–Crippen MR) is 47.1 cm³/mol. The van der Waals surface area contributed by atoms with Crippen LogP contribution in [0.25, 0.3) is 11.2 Å². The molecule has 13 heavy (non-hydrogen) atoms. The van der Waals surface area contributed by atoms with Crippen molar-refractivity contribution in [1.29, 1.82) is 0 Å². The van der Waals surface area contributed by atoms with E-state index in [9.17, 15) is 0 Å². The van der Waals surface area contributed by atoms with Crippen LogP contribution in [-0.4, -0.2) is 25.6 Å². The molecule has 0 aliphatic carbocycles. The van der Waals surface area contributed by atoms with E-state index in [4.69, 9.17) is 0 Å². The van der Waals surface area contributed by atoms with E-state index >= 15 is 0 Å². The molecule has 0 aliphatic rings. The van der Waals surface area contributed by atoms with Gasteiger partial charge in [0.25, 0.3) is 0 Å². The SMILES string of the molecule is c1cccc2nnnnc2[nH]cc1. The smallest absolute Gasteiger partial charge is 0.182 e. The van der Waals surface area contributed by atoms with Gasteiger partial charge in [0.2, 0.25) is 0 Å². The Balaban J connectivity index is 2.82. The van der Waals surface area contributed by atoms with Crippen molar-refractivity contribution in [2.45, 2.75) is 0 Å².